The number of Topliss-reactive ketones (excluding diaryl/α,β-unsaturated/α-hetero) is 1. The molecule has 0 radical (unpaired) electrons. The molecule has 1 N–H and O–H groups in total. The molecule has 4 rings (SSSR count). The number of rotatable bonds is 4. The van der Waals surface area contributed by atoms with Crippen molar-refractivity contribution in [1.82, 2.24) is 10.2 Å². The van der Waals surface area contributed by atoms with Crippen LogP contribution in [0.5, 0.6) is 5.75 Å². The molecule has 3 amide bonds. The highest BCUT2D eigenvalue weighted by molar-refractivity contribution is 7.10. The Morgan fingerprint density at radius 2 is 2.19 bits per heavy atom. The van der Waals surface area contributed by atoms with Crippen LogP contribution >= 0.6 is 11.3 Å². The molecule has 1 fully saturated rings. The van der Waals surface area contributed by atoms with Gasteiger partial charge in [-0.25, -0.2) is 9.18 Å². The van der Waals surface area contributed by atoms with Crippen LogP contribution in [0, 0.1) is 5.82 Å². The number of nitrogens with zero attached hydrogens (tertiary/aromatic N) is 1. The number of urea groups is 1. The number of imide groups is 1. The van der Waals surface area contributed by atoms with Gasteiger partial charge in [0.25, 0.3) is 5.91 Å². The highest BCUT2D eigenvalue weighted by Gasteiger charge is 2.54. The van der Waals surface area contributed by atoms with E-state index >= 15 is 0 Å². The third-order valence-corrected chi connectivity index (χ3v) is 6.08. The second-order valence-electron chi connectivity index (χ2n) is 6.61. The van der Waals surface area contributed by atoms with Crippen LogP contribution in [0.15, 0.2) is 29.6 Å². The van der Waals surface area contributed by atoms with Gasteiger partial charge < -0.3 is 10.1 Å². The minimum Gasteiger partial charge on any atom is -0.496 e. The first-order valence-electron chi connectivity index (χ1n) is 8.54. The molecule has 2 aliphatic rings. The van der Waals surface area contributed by atoms with Gasteiger partial charge in [-0.15, -0.1) is 11.3 Å². The third-order valence-electron chi connectivity index (χ3n) is 5.10. The number of halogens is 1. The Morgan fingerprint density at radius 1 is 1.37 bits per heavy atom. The molecule has 8 heteroatoms. The minimum absolute atomic E-state index is 0.00100. The number of nitrogens with one attached hydrogen (secondary N) is 1. The van der Waals surface area contributed by atoms with Gasteiger partial charge in [0.1, 0.15) is 17.1 Å². The average Bonchev–Trinajstić information content (AvgIpc) is 3.22. The zero-order valence-electron chi connectivity index (χ0n) is 14.6. The van der Waals surface area contributed by atoms with Crippen LogP contribution in [-0.2, 0) is 16.8 Å². The molecule has 1 atom stereocenters. The number of methoxy groups -OCH3 is 1. The molecule has 1 saturated heterocycles. The monoisotopic (exact) mass is 388 g/mol. The standard InChI is InChI=1S/C19H17FN2O4S/c1-26-15-5-4-11(20)9-12(15)14(23)10-22-17(24)19(21-18(22)25)7-2-3-16-13(19)6-8-27-16/h4-6,8-9H,2-3,7,10H2,1H3,(H,21,25)/t19-/m0/s1. The number of hydrogen-bond donors (Lipinski definition) is 1. The van der Waals surface area contributed by atoms with Crippen molar-refractivity contribution >= 4 is 29.1 Å². The lowest BCUT2D eigenvalue weighted by molar-refractivity contribution is -0.131. The van der Waals surface area contributed by atoms with Crippen molar-refractivity contribution in [2.45, 2.75) is 24.8 Å². The molecular formula is C19H17FN2O4S. The van der Waals surface area contributed by atoms with Gasteiger partial charge in [-0.3, -0.25) is 14.5 Å². The van der Waals surface area contributed by atoms with Gasteiger partial charge in [0, 0.05) is 10.4 Å². The van der Waals surface area contributed by atoms with E-state index in [4.69, 9.17) is 4.74 Å². The molecule has 0 bridgehead atoms. The molecule has 27 heavy (non-hydrogen) atoms. The maximum atomic E-state index is 13.6. The van der Waals surface area contributed by atoms with E-state index in [0.717, 1.165) is 34.2 Å². The SMILES string of the molecule is COc1ccc(F)cc1C(=O)CN1C(=O)N[C@]2(CCCc3sccc32)C1=O. The normalized spacial score (nSPS) is 21.3. The summed E-state index contributed by atoms with van der Waals surface area (Å²) >= 11 is 1.56. The summed E-state index contributed by atoms with van der Waals surface area (Å²) in [6.07, 6.45) is 2.14. The molecule has 1 aromatic carbocycles. The van der Waals surface area contributed by atoms with Crippen molar-refractivity contribution in [2.24, 2.45) is 0 Å². The van der Waals surface area contributed by atoms with Crippen molar-refractivity contribution in [2.75, 3.05) is 13.7 Å². The fourth-order valence-electron chi connectivity index (χ4n) is 3.81. The Labute approximate surface area is 158 Å². The van der Waals surface area contributed by atoms with Gasteiger partial charge in [-0.1, -0.05) is 0 Å². The van der Waals surface area contributed by atoms with Gasteiger partial charge in [0.2, 0.25) is 0 Å². The number of ether oxygens (including phenoxy) is 1. The van der Waals surface area contributed by atoms with E-state index in [-0.39, 0.29) is 11.3 Å². The first-order chi connectivity index (χ1) is 13.0. The number of hydrogen-bond acceptors (Lipinski definition) is 5. The lowest BCUT2D eigenvalue weighted by Gasteiger charge is -2.31. The van der Waals surface area contributed by atoms with E-state index in [9.17, 15) is 18.8 Å². The molecule has 6 nitrogen and oxygen atoms in total. The molecule has 1 spiro atoms. The zero-order chi connectivity index (χ0) is 19.2. The molecule has 2 aromatic rings. The lowest BCUT2D eigenvalue weighted by Crippen LogP contribution is -2.46. The number of amides is 3. The summed E-state index contributed by atoms with van der Waals surface area (Å²) in [6, 6.07) is 4.82. The minimum atomic E-state index is -1.10. The van der Waals surface area contributed by atoms with Crippen LogP contribution in [0.4, 0.5) is 9.18 Å². The fraction of sp³-hybridized carbons (Fsp3) is 0.316. The van der Waals surface area contributed by atoms with Gasteiger partial charge >= 0.3 is 6.03 Å². The van der Waals surface area contributed by atoms with Crippen LogP contribution in [0.3, 0.4) is 0 Å². The third kappa shape index (κ3) is 2.71. The van der Waals surface area contributed by atoms with E-state index in [1.165, 1.54) is 19.2 Å². The number of ketones is 1. The van der Waals surface area contributed by atoms with Crippen LogP contribution in [-0.4, -0.2) is 36.3 Å². The molecule has 0 saturated carbocycles. The van der Waals surface area contributed by atoms with Crippen molar-refractivity contribution in [3.8, 4) is 5.75 Å². The molecule has 140 valence electrons. The number of carbonyl (C=O) groups is 3. The summed E-state index contributed by atoms with van der Waals surface area (Å²) < 4.78 is 18.7. The van der Waals surface area contributed by atoms with Gasteiger partial charge in [-0.2, -0.15) is 0 Å². The maximum absolute atomic E-state index is 13.6. The van der Waals surface area contributed by atoms with Gasteiger partial charge in [0.05, 0.1) is 19.2 Å². The topological polar surface area (TPSA) is 75.7 Å². The lowest BCUT2D eigenvalue weighted by atomic mass is 9.80. The van der Waals surface area contributed by atoms with E-state index in [1.807, 2.05) is 11.4 Å². The first-order valence-corrected chi connectivity index (χ1v) is 9.42. The predicted molar refractivity (Wildman–Crippen MR) is 96.5 cm³/mol. The number of benzene rings is 1. The smallest absolute Gasteiger partial charge is 0.325 e. The van der Waals surface area contributed by atoms with E-state index in [1.54, 1.807) is 11.3 Å². The van der Waals surface area contributed by atoms with Gasteiger partial charge in [0.15, 0.2) is 5.78 Å². The van der Waals surface area contributed by atoms with Crippen molar-refractivity contribution < 1.29 is 23.5 Å². The molecular weight excluding hydrogens is 371 g/mol. The summed E-state index contributed by atoms with van der Waals surface area (Å²) in [4.78, 5) is 40.3. The Hall–Kier alpha value is -2.74. The van der Waals surface area contributed by atoms with Crippen LogP contribution in [0.25, 0.3) is 0 Å². The predicted octanol–water partition coefficient (Wildman–Crippen LogP) is 2.86. The van der Waals surface area contributed by atoms with Gasteiger partial charge in [-0.05, 0) is 48.9 Å². The largest absolute Gasteiger partial charge is 0.496 e. The van der Waals surface area contributed by atoms with Crippen molar-refractivity contribution in [3.63, 3.8) is 0 Å². The highest BCUT2D eigenvalue weighted by Crippen LogP contribution is 2.42. The number of carbonyl (C=O) groups excluding carboxylic acids is 3. The second kappa shape index (κ2) is 6.45. The molecule has 0 unspecified atom stereocenters. The van der Waals surface area contributed by atoms with Crippen LogP contribution in [0.1, 0.15) is 33.6 Å². The maximum Gasteiger partial charge on any atom is 0.325 e. The highest BCUT2D eigenvalue weighted by atomic mass is 32.1. The molecule has 1 aromatic heterocycles. The number of thiophene rings is 1. The molecule has 1 aliphatic heterocycles. The average molecular weight is 388 g/mol. The Balaban J connectivity index is 1.63. The zero-order valence-corrected chi connectivity index (χ0v) is 15.4. The summed E-state index contributed by atoms with van der Waals surface area (Å²) in [5.74, 6) is -1.40. The summed E-state index contributed by atoms with van der Waals surface area (Å²) in [5, 5.41) is 4.70. The Kier molecular flexibility index (Phi) is 4.22. The molecule has 2 heterocycles. The Bertz CT molecular complexity index is 957. The molecule has 1 aliphatic carbocycles. The van der Waals surface area contributed by atoms with Crippen LogP contribution < -0.4 is 10.1 Å². The fourth-order valence-corrected chi connectivity index (χ4v) is 4.81. The summed E-state index contributed by atoms with van der Waals surface area (Å²) in [7, 11) is 1.37. The Morgan fingerprint density at radius 3 is 2.96 bits per heavy atom. The summed E-state index contributed by atoms with van der Waals surface area (Å²) in [6.45, 7) is -0.467. The quantitative estimate of drug-likeness (QED) is 0.646. The number of fused-ring (bicyclic) bond motifs is 2. The van der Waals surface area contributed by atoms with Crippen molar-refractivity contribution in [1.29, 1.82) is 0 Å². The number of aryl methyl sites for hydroxylation is 1. The first kappa shape index (κ1) is 17.7. The summed E-state index contributed by atoms with van der Waals surface area (Å²) in [5.41, 5.74) is -0.286. The second-order valence-corrected chi connectivity index (χ2v) is 7.61. The van der Waals surface area contributed by atoms with E-state index < -0.39 is 35.6 Å². The van der Waals surface area contributed by atoms with Crippen molar-refractivity contribution in [3.05, 3.63) is 51.5 Å². The van der Waals surface area contributed by atoms with E-state index in [0.29, 0.717) is 6.42 Å². The van der Waals surface area contributed by atoms with E-state index in [2.05, 4.69) is 5.32 Å². The van der Waals surface area contributed by atoms with Crippen LogP contribution in [0.2, 0.25) is 0 Å².